The van der Waals surface area contributed by atoms with E-state index in [1.54, 1.807) is 0 Å². The second kappa shape index (κ2) is 3.68. The minimum absolute atomic E-state index is 0.230. The summed E-state index contributed by atoms with van der Waals surface area (Å²) in [6.07, 6.45) is -10.3. The number of halogens is 6. The van der Waals surface area contributed by atoms with E-state index in [1.165, 1.54) is 0 Å². The highest BCUT2D eigenvalue weighted by molar-refractivity contribution is 4.50. The molecule has 0 aromatic rings. The van der Waals surface area contributed by atoms with E-state index in [9.17, 15) is 26.3 Å². The molecule has 13 heavy (non-hydrogen) atoms. The molecule has 0 bridgehead atoms. The van der Waals surface area contributed by atoms with E-state index >= 15 is 0 Å². The second-order valence-electron chi connectivity index (χ2n) is 2.24. The van der Waals surface area contributed by atoms with Crippen molar-refractivity contribution < 1.29 is 26.3 Å². The first kappa shape index (κ1) is 12.5. The van der Waals surface area contributed by atoms with E-state index < -0.39 is 17.7 Å². The summed E-state index contributed by atoms with van der Waals surface area (Å²) in [5.74, 6) is 0. The first-order valence-corrected chi connectivity index (χ1v) is 2.93. The van der Waals surface area contributed by atoms with E-state index in [0.29, 0.717) is 5.43 Å². The Labute approximate surface area is 69.8 Å². The van der Waals surface area contributed by atoms with Gasteiger partial charge in [-0.25, -0.2) is 5.01 Å². The van der Waals surface area contributed by atoms with Gasteiger partial charge in [0.25, 0.3) is 0 Å². The molecule has 3 nitrogen and oxygen atoms in total. The van der Waals surface area contributed by atoms with Crippen molar-refractivity contribution in [1.29, 1.82) is 0 Å². The molecule has 0 heterocycles. The summed E-state index contributed by atoms with van der Waals surface area (Å²) in [4.78, 5) is 0. The quantitative estimate of drug-likeness (QED) is 0.422. The Bertz CT molecular complexity index is 160. The third-order valence-corrected chi connectivity index (χ3v) is 0.873. The molecule has 9 heteroatoms. The summed E-state index contributed by atoms with van der Waals surface area (Å²) in [6, 6.07) is 0. The molecule has 0 saturated heterocycles. The number of hydrazine groups is 2. The Morgan fingerprint density at radius 2 is 1.31 bits per heavy atom. The van der Waals surface area contributed by atoms with Gasteiger partial charge in [-0.2, -0.15) is 26.3 Å². The first-order chi connectivity index (χ1) is 5.54. The molecule has 0 rings (SSSR count). The number of nitrogens with zero attached hydrogens (tertiary/aromatic N) is 2. The first-order valence-electron chi connectivity index (χ1n) is 2.93. The average molecular weight is 211 g/mol. The molecule has 0 fully saturated rings. The van der Waals surface area contributed by atoms with E-state index in [2.05, 4.69) is 0 Å². The van der Waals surface area contributed by atoms with Crippen molar-refractivity contribution in [3.05, 3.63) is 0 Å². The molecule has 0 atom stereocenters. The maximum absolute atomic E-state index is 11.8. The van der Waals surface area contributed by atoms with Gasteiger partial charge in [0.05, 0.1) is 0 Å². The standard InChI is InChI=1S/C4H7F6N3/c1-12(2)13(4(8,9)10)11-3(5,6)7/h11H,1-2H3. The number of alkyl halides is 6. The summed E-state index contributed by atoms with van der Waals surface area (Å²) in [5.41, 5.74) is 0.330. The highest BCUT2D eigenvalue weighted by atomic mass is 19.4. The summed E-state index contributed by atoms with van der Waals surface area (Å²) in [5, 5.41) is -0.750. The minimum atomic E-state index is -5.13. The Kier molecular flexibility index (Phi) is 3.53. The Balaban J connectivity index is 4.47. The van der Waals surface area contributed by atoms with Crippen LogP contribution in [0.5, 0.6) is 0 Å². The van der Waals surface area contributed by atoms with Crippen molar-refractivity contribution in [1.82, 2.24) is 15.6 Å². The fraction of sp³-hybridized carbons (Fsp3) is 1.00. The molecular weight excluding hydrogens is 204 g/mol. The van der Waals surface area contributed by atoms with Crippen molar-refractivity contribution in [2.45, 2.75) is 12.6 Å². The van der Waals surface area contributed by atoms with Gasteiger partial charge in [-0.1, -0.05) is 5.12 Å². The summed E-state index contributed by atoms with van der Waals surface area (Å²) in [6.45, 7) is 0. The summed E-state index contributed by atoms with van der Waals surface area (Å²) in [7, 11) is 1.65. The lowest BCUT2D eigenvalue weighted by Crippen LogP contribution is -2.59. The van der Waals surface area contributed by atoms with Crippen LogP contribution in [-0.2, 0) is 0 Å². The lowest BCUT2D eigenvalue weighted by Gasteiger charge is -2.30. The molecule has 0 aliphatic heterocycles. The predicted molar refractivity (Wildman–Crippen MR) is 30.8 cm³/mol. The van der Waals surface area contributed by atoms with E-state index in [4.69, 9.17) is 0 Å². The van der Waals surface area contributed by atoms with Crippen LogP contribution in [0, 0.1) is 0 Å². The molecule has 0 saturated carbocycles. The third kappa shape index (κ3) is 4.90. The Morgan fingerprint density at radius 1 is 0.923 bits per heavy atom. The lowest BCUT2D eigenvalue weighted by molar-refractivity contribution is -0.365. The van der Waals surface area contributed by atoms with E-state index in [0.717, 1.165) is 14.1 Å². The number of hydrogen-bond acceptors (Lipinski definition) is 3. The van der Waals surface area contributed by atoms with E-state index in [-0.39, 0.29) is 5.01 Å². The van der Waals surface area contributed by atoms with Crippen molar-refractivity contribution in [3.8, 4) is 0 Å². The Hall–Kier alpha value is -0.540. The van der Waals surface area contributed by atoms with Gasteiger partial charge in [-0.05, 0) is 0 Å². The molecular formula is C4H7F6N3. The molecule has 0 aromatic carbocycles. The number of rotatable bonds is 2. The van der Waals surface area contributed by atoms with Crippen molar-refractivity contribution >= 4 is 0 Å². The van der Waals surface area contributed by atoms with E-state index in [1.807, 2.05) is 0 Å². The zero-order valence-corrected chi connectivity index (χ0v) is 6.66. The fourth-order valence-corrected chi connectivity index (χ4v) is 0.510. The zero-order valence-electron chi connectivity index (χ0n) is 6.66. The van der Waals surface area contributed by atoms with Gasteiger partial charge in [-0.15, -0.1) is 5.43 Å². The molecule has 1 N–H and O–H groups in total. The number of nitrogens with one attached hydrogen (secondary N) is 1. The topological polar surface area (TPSA) is 18.5 Å². The lowest BCUT2D eigenvalue weighted by atomic mass is 11.0. The molecule has 0 amide bonds. The van der Waals surface area contributed by atoms with Gasteiger partial charge in [0.15, 0.2) is 0 Å². The maximum Gasteiger partial charge on any atom is 0.487 e. The van der Waals surface area contributed by atoms with Crippen LogP contribution in [0.3, 0.4) is 0 Å². The minimum Gasteiger partial charge on any atom is -0.226 e. The van der Waals surface area contributed by atoms with Gasteiger partial charge in [0.2, 0.25) is 0 Å². The zero-order chi connectivity index (χ0) is 10.9. The normalized spacial score (nSPS) is 14.3. The Morgan fingerprint density at radius 3 is 1.38 bits per heavy atom. The third-order valence-electron chi connectivity index (χ3n) is 0.873. The molecule has 0 aliphatic rings. The molecule has 0 aliphatic carbocycles. The van der Waals surface area contributed by atoms with Crippen LogP contribution in [0.1, 0.15) is 0 Å². The second-order valence-corrected chi connectivity index (χ2v) is 2.24. The molecule has 0 aromatic heterocycles. The highest BCUT2D eigenvalue weighted by Gasteiger charge is 2.45. The largest absolute Gasteiger partial charge is 0.487 e. The predicted octanol–water partition coefficient (Wildman–Crippen LogP) is 1.31. The van der Waals surface area contributed by atoms with Crippen LogP contribution < -0.4 is 5.43 Å². The molecule has 0 spiro atoms. The smallest absolute Gasteiger partial charge is 0.226 e. The monoisotopic (exact) mass is 211 g/mol. The molecule has 0 radical (unpaired) electrons. The molecule has 0 unspecified atom stereocenters. The maximum atomic E-state index is 11.8. The van der Waals surface area contributed by atoms with Crippen LogP contribution in [-0.4, -0.2) is 36.8 Å². The summed E-state index contributed by atoms with van der Waals surface area (Å²) < 4.78 is 70.0. The van der Waals surface area contributed by atoms with Gasteiger partial charge >= 0.3 is 12.6 Å². The number of hydrogen-bond donors (Lipinski definition) is 1. The SMILES string of the molecule is CN(C)N(NC(F)(F)F)C(F)(F)F. The summed E-state index contributed by atoms with van der Waals surface area (Å²) >= 11 is 0. The van der Waals surface area contributed by atoms with Crippen LogP contribution in [0.2, 0.25) is 0 Å². The van der Waals surface area contributed by atoms with Crippen molar-refractivity contribution in [2.24, 2.45) is 0 Å². The van der Waals surface area contributed by atoms with Gasteiger partial charge in [-0.3, -0.25) is 0 Å². The van der Waals surface area contributed by atoms with Gasteiger partial charge in [0.1, 0.15) is 0 Å². The van der Waals surface area contributed by atoms with Gasteiger partial charge in [0, 0.05) is 14.1 Å². The highest BCUT2D eigenvalue weighted by Crippen LogP contribution is 2.23. The molecule has 80 valence electrons. The average Bonchev–Trinajstić information content (AvgIpc) is 1.77. The van der Waals surface area contributed by atoms with Crippen LogP contribution >= 0.6 is 0 Å². The van der Waals surface area contributed by atoms with Crippen LogP contribution in [0.25, 0.3) is 0 Å². The van der Waals surface area contributed by atoms with Crippen molar-refractivity contribution in [3.63, 3.8) is 0 Å². The van der Waals surface area contributed by atoms with Gasteiger partial charge < -0.3 is 0 Å². The fourth-order valence-electron chi connectivity index (χ4n) is 0.510. The van der Waals surface area contributed by atoms with Crippen LogP contribution in [0.15, 0.2) is 0 Å². The van der Waals surface area contributed by atoms with Crippen molar-refractivity contribution in [2.75, 3.05) is 14.1 Å². The van der Waals surface area contributed by atoms with Crippen LogP contribution in [0.4, 0.5) is 26.3 Å².